The summed E-state index contributed by atoms with van der Waals surface area (Å²) in [5, 5.41) is 3.17. The molecule has 20 heavy (non-hydrogen) atoms. The van der Waals surface area contributed by atoms with E-state index < -0.39 is 10.0 Å². The Hall–Kier alpha value is -0.720. The quantitative estimate of drug-likeness (QED) is 0.735. The van der Waals surface area contributed by atoms with Crippen LogP contribution < -0.4 is 10.0 Å². The van der Waals surface area contributed by atoms with E-state index in [1.807, 2.05) is 26.2 Å². The Labute approximate surface area is 126 Å². The number of hydrogen-bond donors (Lipinski definition) is 2. The van der Waals surface area contributed by atoms with Gasteiger partial charge in [0.15, 0.2) is 0 Å². The number of rotatable bonds is 9. The lowest BCUT2D eigenvalue weighted by Crippen LogP contribution is -2.36. The summed E-state index contributed by atoms with van der Waals surface area (Å²) in [7, 11) is -3.48. The minimum Gasteiger partial charge on any atom is -0.384 e. The highest BCUT2D eigenvalue weighted by atomic mass is 32.2. The lowest BCUT2D eigenvalue weighted by Gasteiger charge is -2.18. The zero-order valence-corrected chi connectivity index (χ0v) is 14.0. The second-order valence-electron chi connectivity index (χ2n) is 4.60. The van der Waals surface area contributed by atoms with Gasteiger partial charge in [0.2, 0.25) is 10.0 Å². The molecule has 114 valence electrons. The lowest BCUT2D eigenvalue weighted by atomic mass is 10.3. The molecule has 6 heteroatoms. The van der Waals surface area contributed by atoms with Crippen LogP contribution in [-0.4, -0.2) is 33.0 Å². The molecule has 0 saturated heterocycles. The topological polar surface area (TPSA) is 58.2 Å². The summed E-state index contributed by atoms with van der Waals surface area (Å²) in [5.74, 6) is 0.778. The number of hydrogen-bond acceptors (Lipinski definition) is 4. The molecule has 0 spiro atoms. The van der Waals surface area contributed by atoms with Crippen LogP contribution in [0.1, 0.15) is 26.7 Å². The molecule has 0 heterocycles. The first kappa shape index (κ1) is 17.3. The Morgan fingerprint density at radius 2 is 1.95 bits per heavy atom. The number of thioether (sulfide) groups is 1. The number of anilines is 1. The van der Waals surface area contributed by atoms with E-state index in [0.29, 0.717) is 10.6 Å². The zero-order valence-electron chi connectivity index (χ0n) is 12.3. The van der Waals surface area contributed by atoms with Crippen LogP contribution in [0.2, 0.25) is 0 Å². The van der Waals surface area contributed by atoms with Crippen LogP contribution in [0.5, 0.6) is 0 Å². The normalized spacial score (nSPS) is 13.2. The Kier molecular flexibility index (Phi) is 7.40. The third-order valence-electron chi connectivity index (χ3n) is 2.92. The summed E-state index contributed by atoms with van der Waals surface area (Å²) in [6.45, 7) is 4.80. The van der Waals surface area contributed by atoms with Crippen molar-refractivity contribution >= 4 is 27.5 Å². The van der Waals surface area contributed by atoms with E-state index in [2.05, 4.69) is 10.0 Å². The monoisotopic (exact) mass is 316 g/mol. The summed E-state index contributed by atoms with van der Waals surface area (Å²) < 4.78 is 27.8. The largest absolute Gasteiger partial charge is 0.384 e. The van der Waals surface area contributed by atoms with Gasteiger partial charge in [-0.1, -0.05) is 26.0 Å². The molecule has 4 nitrogen and oxygen atoms in total. The molecule has 0 amide bonds. The second kappa shape index (κ2) is 8.54. The van der Waals surface area contributed by atoms with Gasteiger partial charge in [-0.2, -0.15) is 11.8 Å². The van der Waals surface area contributed by atoms with Crippen molar-refractivity contribution in [1.82, 2.24) is 4.72 Å². The number of sulfonamides is 1. The maximum Gasteiger partial charge on any atom is 0.242 e. The van der Waals surface area contributed by atoms with E-state index in [0.717, 1.165) is 25.1 Å². The molecule has 1 rings (SSSR count). The van der Waals surface area contributed by atoms with Gasteiger partial charge in [0.25, 0.3) is 0 Å². The average Bonchev–Trinajstić information content (AvgIpc) is 2.44. The lowest BCUT2D eigenvalue weighted by molar-refractivity contribution is 0.558. The highest BCUT2D eigenvalue weighted by Crippen LogP contribution is 2.21. The molecular weight excluding hydrogens is 292 g/mol. The molecule has 1 atom stereocenters. The summed E-state index contributed by atoms with van der Waals surface area (Å²) in [6.07, 6.45) is 3.71. The first-order valence-electron chi connectivity index (χ1n) is 6.89. The van der Waals surface area contributed by atoms with Crippen LogP contribution >= 0.6 is 11.8 Å². The SMILES string of the molecule is CCCNc1ccccc1S(=O)(=O)NC(CC)CSC. The molecule has 0 saturated carbocycles. The molecule has 0 bridgehead atoms. The number of benzene rings is 1. The van der Waals surface area contributed by atoms with Crippen LogP contribution in [0.4, 0.5) is 5.69 Å². The van der Waals surface area contributed by atoms with E-state index >= 15 is 0 Å². The van der Waals surface area contributed by atoms with Gasteiger partial charge >= 0.3 is 0 Å². The third-order valence-corrected chi connectivity index (χ3v) is 5.24. The molecule has 2 N–H and O–H groups in total. The van der Waals surface area contributed by atoms with Crippen LogP contribution in [0.3, 0.4) is 0 Å². The van der Waals surface area contributed by atoms with Gasteiger partial charge in [-0.25, -0.2) is 13.1 Å². The molecule has 0 aliphatic heterocycles. The fourth-order valence-electron chi connectivity index (χ4n) is 1.83. The maximum atomic E-state index is 12.5. The third kappa shape index (κ3) is 5.00. The maximum absolute atomic E-state index is 12.5. The second-order valence-corrected chi connectivity index (χ2v) is 7.20. The number of nitrogens with one attached hydrogen (secondary N) is 2. The van der Waals surface area contributed by atoms with Crippen molar-refractivity contribution in [3.63, 3.8) is 0 Å². The Morgan fingerprint density at radius 3 is 2.55 bits per heavy atom. The zero-order chi connectivity index (χ0) is 15.0. The first-order valence-corrected chi connectivity index (χ1v) is 9.77. The predicted molar refractivity (Wildman–Crippen MR) is 88.0 cm³/mol. The summed E-state index contributed by atoms with van der Waals surface area (Å²) >= 11 is 1.65. The van der Waals surface area contributed by atoms with Crippen molar-refractivity contribution in [2.45, 2.75) is 37.6 Å². The van der Waals surface area contributed by atoms with E-state index in [1.165, 1.54) is 0 Å². The van der Waals surface area contributed by atoms with Crippen molar-refractivity contribution in [3.8, 4) is 0 Å². The highest BCUT2D eigenvalue weighted by molar-refractivity contribution is 7.98. The molecular formula is C14H24N2O2S2. The van der Waals surface area contributed by atoms with Crippen LogP contribution in [0, 0.1) is 0 Å². The van der Waals surface area contributed by atoms with Gasteiger partial charge < -0.3 is 5.32 Å². The van der Waals surface area contributed by atoms with E-state index in [-0.39, 0.29) is 6.04 Å². The van der Waals surface area contributed by atoms with Crippen molar-refractivity contribution < 1.29 is 8.42 Å². The van der Waals surface area contributed by atoms with Crippen molar-refractivity contribution in [2.75, 3.05) is 23.9 Å². The molecule has 0 aliphatic carbocycles. The van der Waals surface area contributed by atoms with Gasteiger partial charge in [-0.05, 0) is 31.2 Å². The molecule has 0 aliphatic rings. The Balaban J connectivity index is 2.96. The van der Waals surface area contributed by atoms with Crippen molar-refractivity contribution in [3.05, 3.63) is 24.3 Å². The Morgan fingerprint density at radius 1 is 1.25 bits per heavy atom. The Bertz CT molecular complexity index is 504. The van der Waals surface area contributed by atoms with Gasteiger partial charge in [0.1, 0.15) is 4.90 Å². The van der Waals surface area contributed by atoms with Gasteiger partial charge in [-0.15, -0.1) is 0 Å². The molecule has 1 unspecified atom stereocenters. The molecule has 0 aromatic heterocycles. The highest BCUT2D eigenvalue weighted by Gasteiger charge is 2.21. The average molecular weight is 316 g/mol. The number of para-hydroxylation sites is 1. The van der Waals surface area contributed by atoms with Crippen molar-refractivity contribution in [2.24, 2.45) is 0 Å². The predicted octanol–water partition coefficient (Wildman–Crippen LogP) is 2.93. The standard InChI is InChI=1S/C14H24N2O2S2/c1-4-10-15-13-8-6-7-9-14(13)20(17,18)16-12(5-2)11-19-3/h6-9,12,15-16H,4-5,10-11H2,1-3H3. The van der Waals surface area contributed by atoms with E-state index in [1.54, 1.807) is 30.0 Å². The van der Waals surface area contributed by atoms with Crippen LogP contribution in [0.15, 0.2) is 29.2 Å². The summed E-state index contributed by atoms with van der Waals surface area (Å²) in [6, 6.07) is 7.01. The molecule has 0 radical (unpaired) electrons. The minimum atomic E-state index is -3.48. The smallest absolute Gasteiger partial charge is 0.242 e. The van der Waals surface area contributed by atoms with E-state index in [9.17, 15) is 8.42 Å². The molecule has 1 aromatic carbocycles. The first-order chi connectivity index (χ1) is 9.55. The van der Waals surface area contributed by atoms with Gasteiger partial charge in [-0.3, -0.25) is 0 Å². The summed E-state index contributed by atoms with van der Waals surface area (Å²) in [5.41, 5.74) is 0.667. The fraction of sp³-hybridized carbons (Fsp3) is 0.571. The minimum absolute atomic E-state index is 0.0331. The summed E-state index contributed by atoms with van der Waals surface area (Å²) in [4.78, 5) is 0.327. The fourth-order valence-corrected chi connectivity index (χ4v) is 4.16. The van der Waals surface area contributed by atoms with Crippen LogP contribution in [-0.2, 0) is 10.0 Å². The molecule has 1 aromatic rings. The van der Waals surface area contributed by atoms with E-state index in [4.69, 9.17) is 0 Å². The van der Waals surface area contributed by atoms with Crippen LogP contribution in [0.25, 0.3) is 0 Å². The van der Waals surface area contributed by atoms with Crippen molar-refractivity contribution in [1.29, 1.82) is 0 Å². The van der Waals surface area contributed by atoms with Gasteiger partial charge in [0, 0.05) is 18.3 Å². The molecule has 0 fully saturated rings. The van der Waals surface area contributed by atoms with Gasteiger partial charge in [0.05, 0.1) is 5.69 Å².